The van der Waals surface area contributed by atoms with Gasteiger partial charge in [-0.25, -0.2) is 9.48 Å². The fourth-order valence-electron chi connectivity index (χ4n) is 3.11. The normalized spacial score (nSPS) is 15.8. The number of nitrogens with zero attached hydrogens (tertiary/aromatic N) is 3. The molecule has 28 heavy (non-hydrogen) atoms. The lowest BCUT2D eigenvalue weighted by atomic mass is 9.95. The summed E-state index contributed by atoms with van der Waals surface area (Å²) in [7, 11) is 0. The van der Waals surface area contributed by atoms with E-state index in [9.17, 15) is 4.79 Å². The quantitative estimate of drug-likeness (QED) is 0.527. The van der Waals surface area contributed by atoms with Crippen molar-refractivity contribution in [2.45, 2.75) is 45.3 Å². The van der Waals surface area contributed by atoms with Crippen LogP contribution >= 0.6 is 11.8 Å². The van der Waals surface area contributed by atoms with E-state index in [2.05, 4.69) is 22.3 Å². The molecule has 1 aromatic carbocycles. The number of thioether (sulfide) groups is 1. The van der Waals surface area contributed by atoms with Gasteiger partial charge in [0.25, 0.3) is 0 Å². The number of aromatic nitrogens is 3. The first-order valence-corrected chi connectivity index (χ1v) is 10.5. The Morgan fingerprint density at radius 2 is 2.11 bits per heavy atom. The Bertz CT molecular complexity index is 878. The molecule has 1 aliphatic heterocycles. The van der Waals surface area contributed by atoms with E-state index in [1.54, 1.807) is 23.4 Å². The summed E-state index contributed by atoms with van der Waals surface area (Å²) in [6, 6.07) is 7.30. The van der Waals surface area contributed by atoms with Crippen LogP contribution in [0.5, 0.6) is 5.75 Å². The van der Waals surface area contributed by atoms with Crippen LogP contribution in [0.25, 0.3) is 0 Å². The first-order chi connectivity index (χ1) is 13.6. The number of fused-ring (bicyclic) bond motifs is 1. The van der Waals surface area contributed by atoms with E-state index in [1.807, 2.05) is 38.1 Å². The van der Waals surface area contributed by atoms with Crippen molar-refractivity contribution in [3.63, 3.8) is 0 Å². The summed E-state index contributed by atoms with van der Waals surface area (Å²) in [6.07, 6.45) is 1.03. The number of hydrogen-bond acceptors (Lipinski definition) is 7. The molecule has 1 atom stereocenters. The number of ether oxygens (including phenoxy) is 2. The molecule has 8 heteroatoms. The predicted molar refractivity (Wildman–Crippen MR) is 110 cm³/mol. The van der Waals surface area contributed by atoms with Crippen LogP contribution in [0.3, 0.4) is 0 Å². The number of rotatable bonds is 8. The van der Waals surface area contributed by atoms with Gasteiger partial charge in [-0.15, -0.1) is 5.10 Å². The number of nitrogens with one attached hydrogen (secondary N) is 1. The summed E-state index contributed by atoms with van der Waals surface area (Å²) < 4.78 is 12.8. The zero-order chi connectivity index (χ0) is 20.1. The standard InChI is InChI=1S/C20H26N4O3S/c1-5-11-28-20-22-19-21-13(4)16(18(25)27-7-3)17(24(19)23-20)14-9-8-10-15(12-14)26-6-2/h8-10,12,17H,5-7,11H2,1-4H3,(H,21,22,23). The molecule has 7 nitrogen and oxygen atoms in total. The van der Waals surface area contributed by atoms with E-state index in [0.717, 1.165) is 29.2 Å². The van der Waals surface area contributed by atoms with Crippen molar-refractivity contribution in [1.82, 2.24) is 14.8 Å². The second-order valence-corrected chi connectivity index (χ2v) is 7.37. The lowest BCUT2D eigenvalue weighted by Crippen LogP contribution is -2.29. The van der Waals surface area contributed by atoms with Gasteiger partial charge >= 0.3 is 5.97 Å². The van der Waals surface area contributed by atoms with Crippen molar-refractivity contribution >= 4 is 23.7 Å². The monoisotopic (exact) mass is 402 g/mol. The number of esters is 1. The molecule has 1 unspecified atom stereocenters. The van der Waals surface area contributed by atoms with Gasteiger partial charge in [0.05, 0.1) is 18.8 Å². The first-order valence-electron chi connectivity index (χ1n) is 9.56. The van der Waals surface area contributed by atoms with Gasteiger partial charge in [0, 0.05) is 11.4 Å². The molecule has 0 amide bonds. The fraction of sp³-hybridized carbons (Fsp3) is 0.450. The summed E-state index contributed by atoms with van der Waals surface area (Å²) >= 11 is 1.60. The number of carbonyl (C=O) groups excluding carboxylic acids is 1. The summed E-state index contributed by atoms with van der Waals surface area (Å²) in [5, 5.41) is 8.57. The van der Waals surface area contributed by atoms with Gasteiger partial charge in [-0.3, -0.25) is 0 Å². The molecule has 0 spiro atoms. The molecule has 0 fully saturated rings. The summed E-state index contributed by atoms with van der Waals surface area (Å²) in [6.45, 7) is 8.61. The highest BCUT2D eigenvalue weighted by atomic mass is 32.2. The third kappa shape index (κ3) is 4.16. The van der Waals surface area contributed by atoms with Crippen LogP contribution in [-0.2, 0) is 9.53 Å². The van der Waals surface area contributed by atoms with Crippen LogP contribution in [0.4, 0.5) is 5.95 Å². The van der Waals surface area contributed by atoms with Crippen molar-refractivity contribution in [2.24, 2.45) is 0 Å². The maximum absolute atomic E-state index is 12.8. The molecule has 2 aromatic rings. The van der Waals surface area contributed by atoms with Gasteiger partial charge in [-0.05, 0) is 44.9 Å². The van der Waals surface area contributed by atoms with Crippen molar-refractivity contribution in [3.05, 3.63) is 41.1 Å². The maximum Gasteiger partial charge on any atom is 0.338 e. The van der Waals surface area contributed by atoms with Crippen LogP contribution in [0.1, 0.15) is 45.7 Å². The van der Waals surface area contributed by atoms with Crippen LogP contribution in [0, 0.1) is 0 Å². The van der Waals surface area contributed by atoms with E-state index < -0.39 is 6.04 Å². The Hall–Kier alpha value is -2.48. The third-order valence-corrected chi connectivity index (χ3v) is 5.29. The zero-order valence-electron chi connectivity index (χ0n) is 16.7. The topological polar surface area (TPSA) is 78.3 Å². The van der Waals surface area contributed by atoms with Gasteiger partial charge in [0.15, 0.2) is 0 Å². The van der Waals surface area contributed by atoms with Crippen molar-refractivity contribution in [3.8, 4) is 5.75 Å². The summed E-state index contributed by atoms with van der Waals surface area (Å²) in [5.74, 6) is 1.95. The molecule has 3 rings (SSSR count). The first kappa shape index (κ1) is 20.3. The number of hydrogen-bond donors (Lipinski definition) is 1. The minimum absolute atomic E-state index is 0.309. The highest BCUT2D eigenvalue weighted by molar-refractivity contribution is 7.99. The molecule has 1 aliphatic rings. The van der Waals surface area contributed by atoms with Crippen LogP contribution in [-0.4, -0.2) is 39.7 Å². The molecular formula is C20H26N4O3S. The third-order valence-electron chi connectivity index (χ3n) is 4.25. The second kappa shape index (κ2) is 9.14. The number of carbonyl (C=O) groups is 1. The number of allylic oxidation sites excluding steroid dienone is 1. The molecule has 1 N–H and O–H groups in total. The summed E-state index contributed by atoms with van der Waals surface area (Å²) in [4.78, 5) is 17.4. The molecule has 0 aliphatic carbocycles. The van der Waals surface area contributed by atoms with Gasteiger partial charge < -0.3 is 14.8 Å². The molecule has 0 saturated heterocycles. The van der Waals surface area contributed by atoms with Crippen LogP contribution < -0.4 is 10.1 Å². The smallest absolute Gasteiger partial charge is 0.338 e. The number of benzene rings is 1. The summed E-state index contributed by atoms with van der Waals surface area (Å²) in [5.41, 5.74) is 2.14. The average molecular weight is 403 g/mol. The van der Waals surface area contributed by atoms with E-state index in [0.29, 0.717) is 29.9 Å². The Morgan fingerprint density at radius 3 is 2.82 bits per heavy atom. The predicted octanol–water partition coefficient (Wildman–Crippen LogP) is 4.03. The van der Waals surface area contributed by atoms with E-state index >= 15 is 0 Å². The SMILES string of the molecule is CCCSc1nc2n(n1)C(c1cccc(OCC)c1)C(C(=O)OCC)=C(C)N2. The van der Waals surface area contributed by atoms with E-state index in [-0.39, 0.29) is 5.97 Å². The Labute approximate surface area is 169 Å². The second-order valence-electron chi connectivity index (χ2n) is 6.30. The van der Waals surface area contributed by atoms with Gasteiger partial charge in [-0.2, -0.15) is 4.98 Å². The van der Waals surface area contributed by atoms with Gasteiger partial charge in [0.2, 0.25) is 11.1 Å². The molecule has 0 saturated carbocycles. The van der Waals surface area contributed by atoms with Gasteiger partial charge in [0.1, 0.15) is 11.8 Å². The van der Waals surface area contributed by atoms with Crippen LogP contribution in [0.2, 0.25) is 0 Å². The number of anilines is 1. The molecular weight excluding hydrogens is 376 g/mol. The highest BCUT2D eigenvalue weighted by Gasteiger charge is 2.35. The highest BCUT2D eigenvalue weighted by Crippen LogP contribution is 2.37. The maximum atomic E-state index is 12.8. The largest absolute Gasteiger partial charge is 0.494 e. The van der Waals surface area contributed by atoms with Crippen molar-refractivity contribution in [2.75, 3.05) is 24.3 Å². The minimum atomic E-state index is -0.431. The van der Waals surface area contributed by atoms with Crippen LogP contribution in [0.15, 0.2) is 40.7 Å². The van der Waals surface area contributed by atoms with Gasteiger partial charge in [-0.1, -0.05) is 30.8 Å². The lowest BCUT2D eigenvalue weighted by Gasteiger charge is -2.28. The molecule has 150 valence electrons. The van der Waals surface area contributed by atoms with Crippen molar-refractivity contribution < 1.29 is 14.3 Å². The Kier molecular flexibility index (Phi) is 6.61. The average Bonchev–Trinajstić information content (AvgIpc) is 3.08. The molecule has 2 heterocycles. The minimum Gasteiger partial charge on any atom is -0.494 e. The molecule has 1 aromatic heterocycles. The van der Waals surface area contributed by atoms with E-state index in [1.165, 1.54) is 0 Å². The Balaban J connectivity index is 2.09. The lowest BCUT2D eigenvalue weighted by molar-refractivity contribution is -0.139. The Morgan fingerprint density at radius 1 is 1.29 bits per heavy atom. The van der Waals surface area contributed by atoms with E-state index in [4.69, 9.17) is 9.47 Å². The zero-order valence-corrected chi connectivity index (χ0v) is 17.5. The molecule has 0 bridgehead atoms. The fourth-order valence-corrected chi connectivity index (χ4v) is 3.79. The van der Waals surface area contributed by atoms with Crippen molar-refractivity contribution in [1.29, 1.82) is 0 Å². The molecule has 0 radical (unpaired) electrons.